The van der Waals surface area contributed by atoms with Gasteiger partial charge in [0.2, 0.25) is 0 Å². The van der Waals surface area contributed by atoms with E-state index in [1.165, 1.54) is 22.0 Å². The number of aryl methyl sites for hydroxylation is 2. The van der Waals surface area contributed by atoms with Crippen LogP contribution in [0.25, 0.3) is 0 Å². The van der Waals surface area contributed by atoms with Crippen molar-refractivity contribution in [3.05, 3.63) is 65.0 Å². The Morgan fingerprint density at radius 1 is 1.04 bits per heavy atom. The highest BCUT2D eigenvalue weighted by molar-refractivity contribution is 6.25. The summed E-state index contributed by atoms with van der Waals surface area (Å²) in [5.74, 6) is -1.10. The van der Waals surface area contributed by atoms with E-state index in [-0.39, 0.29) is 24.2 Å². The van der Waals surface area contributed by atoms with Crippen LogP contribution >= 0.6 is 0 Å². The average molecular weight is 352 g/mol. The zero-order valence-electron chi connectivity index (χ0n) is 14.4. The number of rotatable bonds is 3. The second kappa shape index (κ2) is 6.01. The standard InChI is InChI=1S/C19H17FN4O2/c1-11-6-7-15(8-12(11)2)24-18(25)16-17(19(24)26)23(22-21-16)10-13-4-3-5-14(20)9-13/h3-9,16-17H,10H2,1-2H3/t16-,17-/m1/s1. The van der Waals surface area contributed by atoms with Crippen LogP contribution in [0.1, 0.15) is 16.7 Å². The quantitative estimate of drug-likeness (QED) is 0.798. The van der Waals surface area contributed by atoms with Crippen molar-refractivity contribution in [1.29, 1.82) is 0 Å². The number of carbonyl (C=O) groups excluding carboxylic acids is 2. The highest BCUT2D eigenvalue weighted by atomic mass is 19.1. The molecule has 0 saturated carbocycles. The maximum Gasteiger partial charge on any atom is 0.263 e. The third kappa shape index (κ3) is 2.56. The molecule has 132 valence electrons. The molecule has 0 bridgehead atoms. The minimum atomic E-state index is -0.849. The average Bonchev–Trinajstić information content (AvgIpc) is 3.11. The lowest BCUT2D eigenvalue weighted by molar-refractivity contribution is -0.123. The van der Waals surface area contributed by atoms with Crippen LogP contribution in [-0.4, -0.2) is 28.9 Å². The van der Waals surface area contributed by atoms with Crippen molar-refractivity contribution in [2.45, 2.75) is 32.5 Å². The summed E-state index contributed by atoms with van der Waals surface area (Å²) in [7, 11) is 0. The van der Waals surface area contributed by atoms with Gasteiger partial charge in [-0.1, -0.05) is 23.4 Å². The van der Waals surface area contributed by atoms with Gasteiger partial charge in [-0.3, -0.25) is 14.6 Å². The Balaban J connectivity index is 1.62. The van der Waals surface area contributed by atoms with Gasteiger partial charge in [0.05, 0.1) is 12.2 Å². The first kappa shape index (κ1) is 16.4. The molecule has 2 amide bonds. The predicted octanol–water partition coefficient (Wildman–Crippen LogP) is 2.94. The number of halogens is 1. The summed E-state index contributed by atoms with van der Waals surface area (Å²) in [6, 6.07) is 9.89. The van der Waals surface area contributed by atoms with Gasteiger partial charge >= 0.3 is 0 Å². The first-order valence-electron chi connectivity index (χ1n) is 8.32. The van der Waals surface area contributed by atoms with Gasteiger partial charge < -0.3 is 0 Å². The number of carbonyl (C=O) groups is 2. The van der Waals surface area contributed by atoms with E-state index < -0.39 is 12.1 Å². The van der Waals surface area contributed by atoms with E-state index in [0.717, 1.165) is 11.1 Å². The molecule has 2 heterocycles. The maximum absolute atomic E-state index is 13.4. The molecule has 6 nitrogen and oxygen atoms in total. The second-order valence-electron chi connectivity index (χ2n) is 6.60. The summed E-state index contributed by atoms with van der Waals surface area (Å²) >= 11 is 0. The molecule has 2 aliphatic heterocycles. The largest absolute Gasteiger partial charge is 0.271 e. The van der Waals surface area contributed by atoms with Crippen molar-refractivity contribution in [3.63, 3.8) is 0 Å². The number of imide groups is 1. The third-order valence-electron chi connectivity index (χ3n) is 4.84. The third-order valence-corrected chi connectivity index (χ3v) is 4.84. The molecule has 1 saturated heterocycles. The van der Waals surface area contributed by atoms with Gasteiger partial charge in [-0.05, 0) is 54.8 Å². The number of nitrogens with zero attached hydrogens (tertiary/aromatic N) is 4. The van der Waals surface area contributed by atoms with Gasteiger partial charge in [0, 0.05) is 0 Å². The van der Waals surface area contributed by atoms with E-state index in [2.05, 4.69) is 10.3 Å². The first-order chi connectivity index (χ1) is 12.5. The Kier molecular flexibility index (Phi) is 3.79. The molecule has 4 rings (SSSR count). The fourth-order valence-corrected chi connectivity index (χ4v) is 3.30. The fraction of sp³-hybridized carbons (Fsp3) is 0.263. The Morgan fingerprint density at radius 2 is 1.85 bits per heavy atom. The van der Waals surface area contributed by atoms with Gasteiger partial charge in [-0.2, -0.15) is 5.11 Å². The first-order valence-corrected chi connectivity index (χ1v) is 8.32. The summed E-state index contributed by atoms with van der Waals surface area (Å²) in [6.07, 6.45) is 0. The van der Waals surface area contributed by atoms with E-state index in [9.17, 15) is 14.0 Å². The Bertz CT molecular complexity index is 943. The summed E-state index contributed by atoms with van der Waals surface area (Å²) in [6.45, 7) is 4.11. The lowest BCUT2D eigenvalue weighted by Gasteiger charge is -2.21. The SMILES string of the molecule is Cc1ccc(N2C(=O)[C@@H]3N=NN(Cc4cccc(F)c4)[C@H]3C2=O)cc1C. The zero-order chi connectivity index (χ0) is 18.4. The molecule has 0 aliphatic carbocycles. The van der Waals surface area contributed by atoms with Crippen LogP contribution in [0.15, 0.2) is 52.8 Å². The number of hydrogen-bond acceptors (Lipinski definition) is 5. The maximum atomic E-state index is 13.4. The Hall–Kier alpha value is -3.09. The van der Waals surface area contributed by atoms with E-state index in [1.54, 1.807) is 18.2 Å². The zero-order valence-corrected chi connectivity index (χ0v) is 14.4. The van der Waals surface area contributed by atoms with Gasteiger partial charge in [-0.15, -0.1) is 0 Å². The van der Waals surface area contributed by atoms with Crippen LogP contribution in [0.4, 0.5) is 10.1 Å². The molecule has 2 atom stereocenters. The molecule has 2 aromatic carbocycles. The lowest BCUT2D eigenvalue weighted by atomic mass is 10.1. The van der Waals surface area contributed by atoms with Crippen molar-refractivity contribution >= 4 is 17.5 Å². The van der Waals surface area contributed by atoms with Gasteiger partial charge in [0.1, 0.15) is 5.82 Å². The molecule has 2 aliphatic rings. The van der Waals surface area contributed by atoms with E-state index in [0.29, 0.717) is 11.3 Å². The lowest BCUT2D eigenvalue weighted by Crippen LogP contribution is -2.39. The number of anilines is 1. The van der Waals surface area contributed by atoms with Crippen molar-refractivity contribution in [3.8, 4) is 0 Å². The van der Waals surface area contributed by atoms with Crippen LogP contribution in [0.2, 0.25) is 0 Å². The molecule has 0 N–H and O–H groups in total. The van der Waals surface area contributed by atoms with Crippen molar-refractivity contribution < 1.29 is 14.0 Å². The van der Waals surface area contributed by atoms with Crippen LogP contribution in [0.5, 0.6) is 0 Å². The molecular formula is C19H17FN4O2. The van der Waals surface area contributed by atoms with E-state index in [4.69, 9.17) is 0 Å². The summed E-state index contributed by atoms with van der Waals surface area (Å²) in [4.78, 5) is 26.8. The molecule has 0 unspecified atom stereocenters. The van der Waals surface area contributed by atoms with E-state index >= 15 is 0 Å². The molecule has 0 radical (unpaired) electrons. The molecule has 1 fully saturated rings. The van der Waals surface area contributed by atoms with Crippen LogP contribution in [0, 0.1) is 19.7 Å². The fourth-order valence-electron chi connectivity index (χ4n) is 3.30. The van der Waals surface area contributed by atoms with Crippen LogP contribution < -0.4 is 4.90 Å². The molecule has 26 heavy (non-hydrogen) atoms. The Labute approximate surface area is 149 Å². The minimum absolute atomic E-state index is 0.211. The summed E-state index contributed by atoms with van der Waals surface area (Å²) in [5, 5.41) is 9.42. The van der Waals surface area contributed by atoms with Crippen LogP contribution in [-0.2, 0) is 16.1 Å². The van der Waals surface area contributed by atoms with Crippen molar-refractivity contribution in [2.24, 2.45) is 10.3 Å². The number of fused-ring (bicyclic) bond motifs is 1. The smallest absolute Gasteiger partial charge is 0.263 e. The predicted molar refractivity (Wildman–Crippen MR) is 92.8 cm³/mol. The highest BCUT2D eigenvalue weighted by Crippen LogP contribution is 2.33. The van der Waals surface area contributed by atoms with Gasteiger partial charge in [0.15, 0.2) is 12.1 Å². The topological polar surface area (TPSA) is 65.3 Å². The van der Waals surface area contributed by atoms with Gasteiger partial charge in [0.25, 0.3) is 11.8 Å². The molecule has 2 aromatic rings. The molecule has 0 aromatic heterocycles. The monoisotopic (exact) mass is 352 g/mol. The van der Waals surface area contributed by atoms with Crippen molar-refractivity contribution in [1.82, 2.24) is 5.01 Å². The summed E-state index contributed by atoms with van der Waals surface area (Å²) in [5.41, 5.74) is 3.28. The minimum Gasteiger partial charge on any atom is -0.271 e. The van der Waals surface area contributed by atoms with E-state index in [1.807, 2.05) is 26.0 Å². The number of hydrogen-bond donors (Lipinski definition) is 0. The summed E-state index contributed by atoms with van der Waals surface area (Å²) < 4.78 is 13.4. The molecule has 7 heteroatoms. The number of benzene rings is 2. The molecular weight excluding hydrogens is 335 g/mol. The normalized spacial score (nSPS) is 21.7. The molecule has 0 spiro atoms. The number of amides is 2. The van der Waals surface area contributed by atoms with Gasteiger partial charge in [-0.25, -0.2) is 9.29 Å². The Morgan fingerprint density at radius 3 is 2.58 bits per heavy atom. The van der Waals surface area contributed by atoms with Crippen LogP contribution in [0.3, 0.4) is 0 Å². The second-order valence-corrected chi connectivity index (χ2v) is 6.60. The van der Waals surface area contributed by atoms with Crippen molar-refractivity contribution in [2.75, 3.05) is 4.90 Å². The highest BCUT2D eigenvalue weighted by Gasteiger charge is 2.54.